The highest BCUT2D eigenvalue weighted by molar-refractivity contribution is 7.99. The number of carbonyl (C=O) groups excluding carboxylic acids is 1. The Labute approximate surface area is 106 Å². The van der Waals surface area contributed by atoms with Gasteiger partial charge in [0.15, 0.2) is 6.10 Å². The highest BCUT2D eigenvalue weighted by Crippen LogP contribution is 2.10. The van der Waals surface area contributed by atoms with Gasteiger partial charge >= 0.3 is 11.9 Å². The molecule has 0 saturated heterocycles. The largest absolute Gasteiger partial charge is 0.479 e. The maximum absolute atomic E-state index is 11.1. The van der Waals surface area contributed by atoms with Gasteiger partial charge in [-0.25, -0.2) is 9.59 Å². The summed E-state index contributed by atoms with van der Waals surface area (Å²) in [6.45, 7) is 3.34. The minimum Gasteiger partial charge on any atom is -0.479 e. The fourth-order valence-corrected chi connectivity index (χ4v) is 2.09. The molecule has 0 radical (unpaired) electrons. The van der Waals surface area contributed by atoms with Gasteiger partial charge in [-0.2, -0.15) is 11.8 Å². The molecule has 5 nitrogen and oxygen atoms in total. The fourth-order valence-electron chi connectivity index (χ4n) is 1.01. The molecule has 2 unspecified atom stereocenters. The van der Waals surface area contributed by atoms with Crippen molar-refractivity contribution < 1.29 is 24.5 Å². The number of carbonyl (C=O) groups is 2. The molecule has 0 rings (SSSR count). The van der Waals surface area contributed by atoms with Crippen LogP contribution < -0.4 is 0 Å². The van der Waals surface area contributed by atoms with Crippen LogP contribution in [-0.4, -0.2) is 45.9 Å². The molecule has 0 bridgehead atoms. The van der Waals surface area contributed by atoms with E-state index < -0.39 is 24.1 Å². The lowest BCUT2D eigenvalue weighted by atomic mass is 10.3. The summed E-state index contributed by atoms with van der Waals surface area (Å²) in [5, 5.41) is 17.8. The molecule has 0 fully saturated rings. The van der Waals surface area contributed by atoms with Crippen molar-refractivity contribution in [1.82, 2.24) is 0 Å². The number of carboxylic acid groups (broad SMARTS) is 1. The number of ether oxygens (including phenoxy) is 1. The van der Waals surface area contributed by atoms with E-state index in [1.807, 2.05) is 0 Å². The monoisotopic (exact) mass is 264 g/mol. The molecule has 2 atom stereocenters. The number of rotatable bonds is 9. The molecule has 0 saturated carbocycles. The first-order valence-corrected chi connectivity index (χ1v) is 6.83. The van der Waals surface area contributed by atoms with Crippen LogP contribution in [0.5, 0.6) is 0 Å². The van der Waals surface area contributed by atoms with Gasteiger partial charge < -0.3 is 14.9 Å². The SMILES string of the molecule is CCCCSCCC(OC(=O)C(C)O)C(=O)O. The third-order valence-electron chi connectivity index (χ3n) is 2.04. The Morgan fingerprint density at radius 1 is 1.35 bits per heavy atom. The Morgan fingerprint density at radius 3 is 2.47 bits per heavy atom. The topological polar surface area (TPSA) is 83.8 Å². The first-order valence-electron chi connectivity index (χ1n) is 5.68. The summed E-state index contributed by atoms with van der Waals surface area (Å²) in [6.07, 6.45) is 0.0144. The molecule has 0 aliphatic heterocycles. The average Bonchev–Trinajstić information content (AvgIpc) is 2.26. The predicted molar refractivity (Wildman–Crippen MR) is 66.0 cm³/mol. The van der Waals surface area contributed by atoms with Crippen molar-refractivity contribution in [3.05, 3.63) is 0 Å². The number of thioether (sulfide) groups is 1. The molecule has 6 heteroatoms. The third-order valence-corrected chi connectivity index (χ3v) is 3.14. The van der Waals surface area contributed by atoms with Crippen LogP contribution >= 0.6 is 11.8 Å². The van der Waals surface area contributed by atoms with Crippen molar-refractivity contribution >= 4 is 23.7 Å². The Balaban J connectivity index is 3.91. The molecular formula is C11H20O5S. The summed E-state index contributed by atoms with van der Waals surface area (Å²) in [4.78, 5) is 21.9. The lowest BCUT2D eigenvalue weighted by molar-refractivity contribution is -0.169. The van der Waals surface area contributed by atoms with E-state index in [-0.39, 0.29) is 6.42 Å². The summed E-state index contributed by atoms with van der Waals surface area (Å²) >= 11 is 1.64. The lowest BCUT2D eigenvalue weighted by Gasteiger charge is -2.14. The van der Waals surface area contributed by atoms with E-state index in [0.717, 1.165) is 18.6 Å². The quantitative estimate of drug-likeness (QED) is 0.482. The molecule has 0 amide bonds. The van der Waals surface area contributed by atoms with E-state index in [1.165, 1.54) is 6.92 Å². The van der Waals surface area contributed by atoms with Gasteiger partial charge in [-0.3, -0.25) is 0 Å². The van der Waals surface area contributed by atoms with Crippen LogP contribution in [0.4, 0.5) is 0 Å². The van der Waals surface area contributed by atoms with Crippen LogP contribution in [0.2, 0.25) is 0 Å². The molecule has 100 valence electrons. The van der Waals surface area contributed by atoms with Crippen molar-refractivity contribution in [2.75, 3.05) is 11.5 Å². The number of aliphatic hydroxyl groups excluding tert-OH is 1. The molecule has 0 spiro atoms. The number of hydrogen-bond acceptors (Lipinski definition) is 5. The maximum Gasteiger partial charge on any atom is 0.345 e. The average molecular weight is 264 g/mol. The minimum absolute atomic E-state index is 0.266. The Bertz CT molecular complexity index is 242. The summed E-state index contributed by atoms with van der Waals surface area (Å²) in [6, 6.07) is 0. The van der Waals surface area contributed by atoms with E-state index in [0.29, 0.717) is 5.75 Å². The molecule has 17 heavy (non-hydrogen) atoms. The molecule has 0 heterocycles. The molecule has 0 aromatic carbocycles. The first-order chi connectivity index (χ1) is 7.99. The number of hydrogen-bond donors (Lipinski definition) is 2. The van der Waals surface area contributed by atoms with Gasteiger partial charge in [0.05, 0.1) is 0 Å². The van der Waals surface area contributed by atoms with E-state index in [4.69, 9.17) is 10.2 Å². The van der Waals surface area contributed by atoms with Crippen molar-refractivity contribution in [2.24, 2.45) is 0 Å². The van der Waals surface area contributed by atoms with E-state index in [1.54, 1.807) is 11.8 Å². The van der Waals surface area contributed by atoms with Crippen LogP contribution in [0.25, 0.3) is 0 Å². The number of esters is 1. The van der Waals surface area contributed by atoms with Crippen LogP contribution in [-0.2, 0) is 14.3 Å². The highest BCUT2D eigenvalue weighted by atomic mass is 32.2. The Kier molecular flexibility index (Phi) is 8.89. The van der Waals surface area contributed by atoms with Crippen LogP contribution in [0.1, 0.15) is 33.1 Å². The van der Waals surface area contributed by atoms with Gasteiger partial charge in [0, 0.05) is 6.42 Å². The standard InChI is InChI=1S/C11H20O5S/c1-3-4-6-17-7-5-9(10(13)14)16-11(15)8(2)12/h8-9,12H,3-7H2,1-2H3,(H,13,14). The van der Waals surface area contributed by atoms with Gasteiger partial charge in [0.1, 0.15) is 6.10 Å². The van der Waals surface area contributed by atoms with Crippen molar-refractivity contribution in [3.63, 3.8) is 0 Å². The normalized spacial score (nSPS) is 14.1. The zero-order valence-corrected chi connectivity index (χ0v) is 11.0. The van der Waals surface area contributed by atoms with Crippen molar-refractivity contribution in [1.29, 1.82) is 0 Å². The van der Waals surface area contributed by atoms with E-state index in [9.17, 15) is 9.59 Å². The summed E-state index contributed by atoms with van der Waals surface area (Å²) in [5.41, 5.74) is 0. The molecule has 2 N–H and O–H groups in total. The van der Waals surface area contributed by atoms with Gasteiger partial charge in [0.25, 0.3) is 0 Å². The summed E-state index contributed by atoms with van der Waals surface area (Å²) < 4.78 is 4.68. The molecule has 0 aromatic heterocycles. The van der Waals surface area contributed by atoms with Crippen LogP contribution in [0.15, 0.2) is 0 Å². The Hall–Kier alpha value is -0.750. The minimum atomic E-state index is -1.29. The molecule has 0 aliphatic carbocycles. The van der Waals surface area contributed by atoms with Crippen LogP contribution in [0.3, 0.4) is 0 Å². The molecule has 0 aromatic rings. The number of aliphatic carboxylic acids is 1. The van der Waals surface area contributed by atoms with Crippen molar-refractivity contribution in [2.45, 2.75) is 45.3 Å². The van der Waals surface area contributed by atoms with Crippen LogP contribution in [0, 0.1) is 0 Å². The second kappa shape index (κ2) is 9.30. The molecular weight excluding hydrogens is 244 g/mol. The predicted octanol–water partition coefficient (Wildman–Crippen LogP) is 1.29. The van der Waals surface area contributed by atoms with E-state index >= 15 is 0 Å². The second-order valence-electron chi connectivity index (χ2n) is 3.69. The second-order valence-corrected chi connectivity index (χ2v) is 4.92. The lowest BCUT2D eigenvalue weighted by Crippen LogP contribution is -2.31. The zero-order valence-electron chi connectivity index (χ0n) is 10.2. The van der Waals surface area contributed by atoms with E-state index in [2.05, 4.69) is 11.7 Å². The maximum atomic E-state index is 11.1. The summed E-state index contributed by atoms with van der Waals surface area (Å²) in [7, 11) is 0. The van der Waals surface area contributed by atoms with Crippen molar-refractivity contribution in [3.8, 4) is 0 Å². The van der Waals surface area contributed by atoms with Gasteiger partial charge in [0.2, 0.25) is 0 Å². The third kappa shape index (κ3) is 8.04. The Morgan fingerprint density at radius 2 is 2.00 bits per heavy atom. The fraction of sp³-hybridized carbons (Fsp3) is 0.818. The number of unbranched alkanes of at least 4 members (excludes halogenated alkanes) is 1. The zero-order chi connectivity index (χ0) is 13.3. The number of aliphatic hydroxyl groups is 1. The van der Waals surface area contributed by atoms with Gasteiger partial charge in [-0.1, -0.05) is 13.3 Å². The van der Waals surface area contributed by atoms with Gasteiger partial charge in [-0.05, 0) is 24.9 Å². The smallest absolute Gasteiger partial charge is 0.345 e. The van der Waals surface area contributed by atoms with Gasteiger partial charge in [-0.15, -0.1) is 0 Å². The first kappa shape index (κ1) is 16.2. The summed E-state index contributed by atoms with van der Waals surface area (Å²) in [5.74, 6) is -0.455. The molecule has 0 aliphatic rings. The number of carboxylic acids is 1. The highest BCUT2D eigenvalue weighted by Gasteiger charge is 2.23.